The molecule has 1 nitrogen and oxygen atoms in total. The molecule has 1 atom stereocenters. The Morgan fingerprint density at radius 3 is 2.50 bits per heavy atom. The van der Waals surface area contributed by atoms with Gasteiger partial charge in [0.15, 0.2) is 0 Å². The Hall–Kier alpha value is -0.0400. The van der Waals surface area contributed by atoms with Crippen LogP contribution in [-0.2, 0) is 4.74 Å². The maximum absolute atomic E-state index is 5.09. The average molecular weight is 144 g/mol. The number of hydrogen-bond donors (Lipinski definition) is 0. The Balaban J connectivity index is 0.000000810. The van der Waals surface area contributed by atoms with Crippen molar-refractivity contribution in [3.63, 3.8) is 0 Å². The molecule has 1 fully saturated rings. The quantitative estimate of drug-likeness (QED) is 0.427. The smallest absolute Gasteiger partial charge is 0.0810 e. The maximum atomic E-state index is 5.09. The third-order valence-corrected chi connectivity index (χ3v) is 1.78. The van der Waals surface area contributed by atoms with E-state index < -0.39 is 0 Å². The van der Waals surface area contributed by atoms with Gasteiger partial charge in [0, 0.05) is 0 Å². The molecule has 1 aliphatic heterocycles. The monoisotopic (exact) mass is 144 g/mol. The number of ether oxygens (including phenoxy) is 1. The molecule has 0 spiro atoms. The summed E-state index contributed by atoms with van der Waals surface area (Å²) >= 11 is 0. The van der Waals surface area contributed by atoms with Gasteiger partial charge in [0.2, 0.25) is 0 Å². The molecular weight excluding hydrogens is 124 g/mol. The molecule has 0 aliphatic carbocycles. The minimum absolute atomic E-state index is 0. The molecular formula is C9H20O. The minimum Gasteiger partial charge on any atom is -0.373 e. The molecule has 62 valence electrons. The molecule has 0 radical (unpaired) electrons. The first-order valence-electron chi connectivity index (χ1n) is 4.05. The van der Waals surface area contributed by atoms with E-state index in [0.717, 1.165) is 6.61 Å². The van der Waals surface area contributed by atoms with Crippen molar-refractivity contribution in [2.24, 2.45) is 0 Å². The van der Waals surface area contributed by atoms with Crippen LogP contribution in [0.4, 0.5) is 0 Å². The summed E-state index contributed by atoms with van der Waals surface area (Å²) in [7, 11) is 0. The standard InChI is InChI=1S/C8H16O.CH4/c1-2-3-4-5-6-8-7-9-8;/h8H,2-7H2,1H3;1H4. The molecule has 0 aromatic rings. The lowest BCUT2D eigenvalue weighted by Crippen LogP contribution is -1.84. The van der Waals surface area contributed by atoms with Gasteiger partial charge in [-0.15, -0.1) is 0 Å². The van der Waals surface area contributed by atoms with Crippen molar-refractivity contribution in [3.8, 4) is 0 Å². The fraction of sp³-hybridized carbons (Fsp3) is 1.00. The third kappa shape index (κ3) is 4.80. The van der Waals surface area contributed by atoms with Gasteiger partial charge in [-0.1, -0.05) is 40.0 Å². The predicted molar refractivity (Wildman–Crippen MR) is 45.2 cm³/mol. The maximum Gasteiger partial charge on any atom is 0.0810 e. The Morgan fingerprint density at radius 1 is 1.30 bits per heavy atom. The second-order valence-corrected chi connectivity index (χ2v) is 2.80. The van der Waals surface area contributed by atoms with Gasteiger partial charge in [-0.25, -0.2) is 0 Å². The van der Waals surface area contributed by atoms with E-state index >= 15 is 0 Å². The molecule has 1 heteroatoms. The lowest BCUT2D eigenvalue weighted by atomic mass is 10.1. The van der Waals surface area contributed by atoms with Crippen molar-refractivity contribution in [2.45, 2.75) is 52.6 Å². The summed E-state index contributed by atoms with van der Waals surface area (Å²) in [5, 5.41) is 0. The van der Waals surface area contributed by atoms with Gasteiger partial charge >= 0.3 is 0 Å². The summed E-state index contributed by atoms with van der Waals surface area (Å²) in [5.74, 6) is 0. The number of rotatable bonds is 5. The molecule has 1 rings (SSSR count). The van der Waals surface area contributed by atoms with Crippen LogP contribution in [0, 0.1) is 0 Å². The van der Waals surface area contributed by atoms with Gasteiger partial charge in [0.05, 0.1) is 12.7 Å². The molecule has 1 saturated heterocycles. The Morgan fingerprint density at radius 2 is 2.00 bits per heavy atom. The summed E-state index contributed by atoms with van der Waals surface area (Å²) in [6.07, 6.45) is 7.47. The van der Waals surface area contributed by atoms with E-state index in [-0.39, 0.29) is 7.43 Å². The zero-order chi connectivity index (χ0) is 6.53. The van der Waals surface area contributed by atoms with Crippen LogP contribution in [0.3, 0.4) is 0 Å². The third-order valence-electron chi connectivity index (χ3n) is 1.78. The highest BCUT2D eigenvalue weighted by Crippen LogP contribution is 2.17. The van der Waals surface area contributed by atoms with Crippen LogP contribution in [-0.4, -0.2) is 12.7 Å². The SMILES string of the molecule is C.CCCCCCC1CO1. The van der Waals surface area contributed by atoms with Gasteiger partial charge in [0.1, 0.15) is 0 Å². The largest absolute Gasteiger partial charge is 0.373 e. The van der Waals surface area contributed by atoms with Crippen LogP contribution in [0.25, 0.3) is 0 Å². The van der Waals surface area contributed by atoms with Crippen molar-refractivity contribution in [2.75, 3.05) is 6.61 Å². The number of epoxide rings is 1. The topological polar surface area (TPSA) is 12.5 Å². The van der Waals surface area contributed by atoms with Crippen molar-refractivity contribution in [1.29, 1.82) is 0 Å². The molecule has 1 heterocycles. The normalized spacial score (nSPS) is 21.9. The summed E-state index contributed by atoms with van der Waals surface area (Å²) in [6, 6.07) is 0. The Labute approximate surface area is 64.8 Å². The fourth-order valence-electron chi connectivity index (χ4n) is 1.03. The zero-order valence-electron chi connectivity index (χ0n) is 6.23. The number of unbranched alkanes of at least 4 members (excludes halogenated alkanes) is 3. The predicted octanol–water partition coefficient (Wildman–Crippen LogP) is 2.99. The van der Waals surface area contributed by atoms with Gasteiger partial charge in [-0.3, -0.25) is 0 Å². The van der Waals surface area contributed by atoms with Crippen LogP contribution >= 0.6 is 0 Å². The van der Waals surface area contributed by atoms with Crippen LogP contribution < -0.4 is 0 Å². The van der Waals surface area contributed by atoms with E-state index in [1.165, 1.54) is 32.1 Å². The summed E-state index contributed by atoms with van der Waals surface area (Å²) < 4.78 is 5.09. The van der Waals surface area contributed by atoms with Gasteiger partial charge < -0.3 is 4.74 Å². The van der Waals surface area contributed by atoms with Crippen LogP contribution in [0.1, 0.15) is 46.5 Å². The Kier molecular flexibility index (Phi) is 5.70. The molecule has 0 aromatic carbocycles. The average Bonchev–Trinajstić information content (AvgIpc) is 2.63. The van der Waals surface area contributed by atoms with Crippen LogP contribution in [0.2, 0.25) is 0 Å². The summed E-state index contributed by atoms with van der Waals surface area (Å²) in [4.78, 5) is 0. The highest BCUT2D eigenvalue weighted by molar-refractivity contribution is 4.67. The van der Waals surface area contributed by atoms with Gasteiger partial charge in [0.25, 0.3) is 0 Å². The first kappa shape index (κ1) is 9.96. The molecule has 0 N–H and O–H groups in total. The van der Waals surface area contributed by atoms with E-state index in [0.29, 0.717) is 6.10 Å². The summed E-state index contributed by atoms with van der Waals surface area (Å²) in [6.45, 7) is 3.28. The first-order chi connectivity index (χ1) is 4.43. The minimum atomic E-state index is 0. The van der Waals surface area contributed by atoms with Gasteiger partial charge in [-0.05, 0) is 6.42 Å². The van der Waals surface area contributed by atoms with E-state index in [4.69, 9.17) is 4.74 Å². The highest BCUT2D eigenvalue weighted by Gasteiger charge is 2.20. The van der Waals surface area contributed by atoms with Crippen molar-refractivity contribution in [1.82, 2.24) is 0 Å². The first-order valence-corrected chi connectivity index (χ1v) is 4.05. The van der Waals surface area contributed by atoms with E-state index in [1.807, 2.05) is 0 Å². The van der Waals surface area contributed by atoms with Crippen LogP contribution in [0.5, 0.6) is 0 Å². The fourth-order valence-corrected chi connectivity index (χ4v) is 1.03. The van der Waals surface area contributed by atoms with Crippen molar-refractivity contribution < 1.29 is 4.74 Å². The second-order valence-electron chi connectivity index (χ2n) is 2.80. The molecule has 0 bridgehead atoms. The number of hydrogen-bond acceptors (Lipinski definition) is 1. The Bertz CT molecular complexity index is 67.1. The van der Waals surface area contributed by atoms with Crippen molar-refractivity contribution >= 4 is 0 Å². The molecule has 0 aromatic heterocycles. The van der Waals surface area contributed by atoms with E-state index in [2.05, 4.69) is 6.92 Å². The lowest BCUT2D eigenvalue weighted by Gasteiger charge is -1.93. The van der Waals surface area contributed by atoms with Gasteiger partial charge in [-0.2, -0.15) is 0 Å². The lowest BCUT2D eigenvalue weighted by molar-refractivity contribution is 0.388. The van der Waals surface area contributed by atoms with E-state index in [1.54, 1.807) is 0 Å². The molecule has 1 unspecified atom stereocenters. The zero-order valence-corrected chi connectivity index (χ0v) is 6.23. The van der Waals surface area contributed by atoms with Crippen LogP contribution in [0.15, 0.2) is 0 Å². The molecule has 1 aliphatic rings. The molecule has 0 amide bonds. The van der Waals surface area contributed by atoms with E-state index in [9.17, 15) is 0 Å². The molecule has 10 heavy (non-hydrogen) atoms. The summed E-state index contributed by atoms with van der Waals surface area (Å²) in [5.41, 5.74) is 0. The second kappa shape index (κ2) is 5.72. The molecule has 0 saturated carbocycles. The van der Waals surface area contributed by atoms with Crippen molar-refractivity contribution in [3.05, 3.63) is 0 Å². The highest BCUT2D eigenvalue weighted by atomic mass is 16.6.